The van der Waals surface area contributed by atoms with Crippen LogP contribution in [0.3, 0.4) is 0 Å². The molecule has 2 aromatic carbocycles. The van der Waals surface area contributed by atoms with Crippen molar-refractivity contribution in [1.82, 2.24) is 0 Å². The molecular weight excluding hydrogens is 344 g/mol. The van der Waals surface area contributed by atoms with Gasteiger partial charge < -0.3 is 5.32 Å². The molecule has 0 spiro atoms. The summed E-state index contributed by atoms with van der Waals surface area (Å²) in [5, 5.41) is 3.23. The van der Waals surface area contributed by atoms with Crippen molar-refractivity contribution in [2.75, 3.05) is 16.9 Å². The van der Waals surface area contributed by atoms with E-state index in [2.05, 4.69) is 27.3 Å². The van der Waals surface area contributed by atoms with Crippen LogP contribution in [0.15, 0.2) is 40.9 Å². The monoisotopic (exact) mass is 358 g/mol. The molecule has 0 atom stereocenters. The van der Waals surface area contributed by atoms with Gasteiger partial charge in [0.15, 0.2) is 0 Å². The summed E-state index contributed by atoms with van der Waals surface area (Å²) in [5.41, 5.74) is 4.34. The first kappa shape index (κ1) is 14.8. The third kappa shape index (κ3) is 2.52. The van der Waals surface area contributed by atoms with Crippen LogP contribution in [0.25, 0.3) is 0 Å². The standard InChI is InChI=1S/C17H15BrN2O2/c1-10-3-5-14(11(2)7-10)19-9-20-15-6-4-12(18)8-13(15)16(21)17(20)22/h3-8,19H,9H2,1-2H3. The summed E-state index contributed by atoms with van der Waals surface area (Å²) in [7, 11) is 0. The molecule has 5 heteroatoms. The number of aryl methyl sites for hydroxylation is 2. The minimum atomic E-state index is -0.495. The van der Waals surface area contributed by atoms with Crippen molar-refractivity contribution in [2.45, 2.75) is 13.8 Å². The number of nitrogens with one attached hydrogen (secondary N) is 1. The SMILES string of the molecule is Cc1ccc(NCN2C(=O)C(=O)c3cc(Br)ccc32)c(C)c1. The highest BCUT2D eigenvalue weighted by atomic mass is 79.9. The fraction of sp³-hybridized carbons (Fsp3) is 0.176. The van der Waals surface area contributed by atoms with Crippen LogP contribution in [0.5, 0.6) is 0 Å². The van der Waals surface area contributed by atoms with Gasteiger partial charge in [-0.1, -0.05) is 33.6 Å². The van der Waals surface area contributed by atoms with E-state index in [1.807, 2.05) is 32.0 Å². The molecule has 1 aliphatic heterocycles. The number of ketones is 1. The molecule has 0 bridgehead atoms. The highest BCUT2D eigenvalue weighted by molar-refractivity contribution is 9.10. The van der Waals surface area contributed by atoms with Gasteiger partial charge in [0.25, 0.3) is 5.78 Å². The smallest absolute Gasteiger partial charge is 0.300 e. The number of halogens is 1. The van der Waals surface area contributed by atoms with Crippen molar-refractivity contribution in [3.05, 3.63) is 57.6 Å². The molecule has 0 unspecified atom stereocenters. The average Bonchev–Trinajstić information content (AvgIpc) is 2.71. The normalized spacial score (nSPS) is 13.5. The lowest BCUT2D eigenvalue weighted by molar-refractivity contribution is -0.114. The van der Waals surface area contributed by atoms with Gasteiger partial charge >= 0.3 is 5.91 Å². The zero-order valence-corrected chi connectivity index (χ0v) is 13.9. The number of carbonyl (C=O) groups is 2. The van der Waals surface area contributed by atoms with Crippen molar-refractivity contribution in [3.63, 3.8) is 0 Å². The Bertz CT molecular complexity index is 786. The molecule has 3 rings (SSSR count). The van der Waals surface area contributed by atoms with E-state index in [9.17, 15) is 9.59 Å². The Balaban J connectivity index is 1.84. The van der Waals surface area contributed by atoms with Crippen molar-refractivity contribution in [2.24, 2.45) is 0 Å². The number of rotatable bonds is 3. The Morgan fingerprint density at radius 3 is 2.59 bits per heavy atom. The van der Waals surface area contributed by atoms with Gasteiger partial charge in [-0.15, -0.1) is 0 Å². The summed E-state index contributed by atoms with van der Waals surface area (Å²) in [6, 6.07) is 11.4. The highest BCUT2D eigenvalue weighted by Gasteiger charge is 2.35. The van der Waals surface area contributed by atoms with Crippen molar-refractivity contribution in [3.8, 4) is 0 Å². The number of hydrogen-bond donors (Lipinski definition) is 1. The average molecular weight is 359 g/mol. The van der Waals surface area contributed by atoms with Gasteiger partial charge in [0.1, 0.15) is 0 Å². The quantitative estimate of drug-likeness (QED) is 0.851. The zero-order valence-electron chi connectivity index (χ0n) is 12.3. The van der Waals surface area contributed by atoms with Crippen molar-refractivity contribution >= 4 is 39.0 Å². The first-order valence-corrected chi connectivity index (χ1v) is 7.73. The third-order valence-electron chi connectivity index (χ3n) is 3.74. The number of fused-ring (bicyclic) bond motifs is 1. The van der Waals surface area contributed by atoms with Crippen LogP contribution in [0.1, 0.15) is 21.5 Å². The summed E-state index contributed by atoms with van der Waals surface area (Å²) in [6.07, 6.45) is 0. The van der Waals surface area contributed by atoms with Crippen LogP contribution < -0.4 is 10.2 Å². The molecule has 0 radical (unpaired) electrons. The van der Waals surface area contributed by atoms with Crippen LogP contribution in [0.4, 0.5) is 11.4 Å². The van der Waals surface area contributed by atoms with Gasteiger partial charge in [0.2, 0.25) is 0 Å². The zero-order chi connectivity index (χ0) is 15.9. The largest absolute Gasteiger partial charge is 0.367 e. The molecule has 4 nitrogen and oxygen atoms in total. The summed E-state index contributed by atoms with van der Waals surface area (Å²) in [5.74, 6) is -0.955. The van der Waals surface area contributed by atoms with E-state index in [-0.39, 0.29) is 6.67 Å². The predicted molar refractivity (Wildman–Crippen MR) is 90.4 cm³/mol. The minimum Gasteiger partial charge on any atom is -0.367 e. The maximum Gasteiger partial charge on any atom is 0.300 e. The fourth-order valence-corrected chi connectivity index (χ4v) is 2.97. The van der Waals surface area contributed by atoms with Gasteiger partial charge in [-0.3, -0.25) is 14.5 Å². The maximum atomic E-state index is 12.2. The maximum absolute atomic E-state index is 12.2. The lowest BCUT2D eigenvalue weighted by Crippen LogP contribution is -2.34. The lowest BCUT2D eigenvalue weighted by atomic mass is 10.1. The van der Waals surface area contributed by atoms with Crippen LogP contribution in [0, 0.1) is 13.8 Å². The first-order chi connectivity index (χ1) is 10.5. The number of amides is 1. The predicted octanol–water partition coefficient (Wildman–Crippen LogP) is 3.66. The number of Topliss-reactive ketones (excluding diaryl/α,β-unsaturated/α-hetero) is 1. The topological polar surface area (TPSA) is 49.4 Å². The summed E-state index contributed by atoms with van der Waals surface area (Å²) in [4.78, 5) is 25.7. The molecule has 22 heavy (non-hydrogen) atoms. The fourth-order valence-electron chi connectivity index (χ4n) is 2.61. The van der Waals surface area contributed by atoms with E-state index in [1.54, 1.807) is 12.1 Å². The van der Waals surface area contributed by atoms with Gasteiger partial charge in [0.05, 0.1) is 17.9 Å². The number of benzene rings is 2. The highest BCUT2D eigenvalue weighted by Crippen LogP contribution is 2.31. The molecule has 1 heterocycles. The second kappa shape index (κ2) is 5.57. The summed E-state index contributed by atoms with van der Waals surface area (Å²) >= 11 is 3.33. The van der Waals surface area contributed by atoms with E-state index in [1.165, 1.54) is 10.5 Å². The Labute approximate surface area is 137 Å². The van der Waals surface area contributed by atoms with E-state index in [4.69, 9.17) is 0 Å². The second-order valence-corrected chi connectivity index (χ2v) is 6.29. The van der Waals surface area contributed by atoms with Gasteiger partial charge in [-0.05, 0) is 43.7 Å². The Hall–Kier alpha value is -2.14. The molecule has 1 aliphatic rings. The van der Waals surface area contributed by atoms with E-state index in [0.29, 0.717) is 11.3 Å². The van der Waals surface area contributed by atoms with Crippen molar-refractivity contribution in [1.29, 1.82) is 0 Å². The first-order valence-electron chi connectivity index (χ1n) is 6.94. The van der Waals surface area contributed by atoms with Crippen LogP contribution in [-0.2, 0) is 4.79 Å². The molecule has 2 aromatic rings. The Morgan fingerprint density at radius 1 is 1.09 bits per heavy atom. The summed E-state index contributed by atoms with van der Waals surface area (Å²) in [6.45, 7) is 4.31. The molecule has 0 fully saturated rings. The Kier molecular flexibility index (Phi) is 3.74. The van der Waals surface area contributed by atoms with E-state index >= 15 is 0 Å². The number of hydrogen-bond acceptors (Lipinski definition) is 3. The van der Waals surface area contributed by atoms with E-state index in [0.717, 1.165) is 15.7 Å². The minimum absolute atomic E-state index is 0.267. The van der Waals surface area contributed by atoms with Crippen LogP contribution in [0.2, 0.25) is 0 Å². The third-order valence-corrected chi connectivity index (χ3v) is 4.24. The summed E-state index contributed by atoms with van der Waals surface area (Å²) < 4.78 is 0.789. The molecule has 1 N–H and O–H groups in total. The van der Waals surface area contributed by atoms with Gasteiger partial charge in [-0.2, -0.15) is 0 Å². The molecule has 0 aromatic heterocycles. The molecule has 0 saturated carbocycles. The van der Waals surface area contributed by atoms with Crippen molar-refractivity contribution < 1.29 is 9.59 Å². The second-order valence-electron chi connectivity index (χ2n) is 5.38. The van der Waals surface area contributed by atoms with Gasteiger partial charge in [0, 0.05) is 10.2 Å². The van der Waals surface area contributed by atoms with E-state index < -0.39 is 11.7 Å². The molecule has 0 saturated heterocycles. The van der Waals surface area contributed by atoms with Crippen LogP contribution in [-0.4, -0.2) is 18.4 Å². The molecular formula is C17H15BrN2O2. The van der Waals surface area contributed by atoms with Gasteiger partial charge in [-0.25, -0.2) is 0 Å². The Morgan fingerprint density at radius 2 is 1.86 bits per heavy atom. The number of anilines is 2. The van der Waals surface area contributed by atoms with Crippen LogP contribution >= 0.6 is 15.9 Å². The molecule has 1 amide bonds. The number of nitrogens with zero attached hydrogens (tertiary/aromatic N) is 1. The molecule has 112 valence electrons. The lowest BCUT2D eigenvalue weighted by Gasteiger charge is -2.19. The molecule has 0 aliphatic carbocycles. The number of carbonyl (C=O) groups excluding carboxylic acids is 2.